The molecule has 0 bridgehead atoms. The molecular weight excluding hydrogens is 330 g/mol. The second-order valence-corrected chi connectivity index (χ2v) is 5.54. The van der Waals surface area contributed by atoms with Gasteiger partial charge in [0.15, 0.2) is 0 Å². The van der Waals surface area contributed by atoms with Crippen LogP contribution < -0.4 is 15.4 Å². The Morgan fingerprint density at radius 1 is 1.25 bits per heavy atom. The van der Waals surface area contributed by atoms with E-state index in [1.807, 2.05) is 12.1 Å². The van der Waals surface area contributed by atoms with Crippen molar-refractivity contribution in [3.63, 3.8) is 0 Å². The van der Waals surface area contributed by atoms with Crippen LogP contribution in [-0.4, -0.2) is 24.6 Å². The molecule has 0 amide bonds. The lowest BCUT2D eigenvalue weighted by Crippen LogP contribution is -2.33. The number of fused-ring (bicyclic) bond motifs is 1. The maximum absolute atomic E-state index is 10.8. The number of hydrogen-bond donors (Lipinski definition) is 1. The minimum atomic E-state index is -0.420. The number of nitrogens with zero attached hydrogens (tertiary/aromatic N) is 2. The summed E-state index contributed by atoms with van der Waals surface area (Å²) in [6.07, 6.45) is 2.07. The molecule has 2 aromatic rings. The first kappa shape index (κ1) is 17.9. The Kier molecular flexibility index (Phi) is 5.87. The van der Waals surface area contributed by atoms with E-state index in [1.165, 1.54) is 23.4 Å². The molecule has 0 aromatic heterocycles. The number of nitrogen functional groups attached to an aromatic ring is 1. The number of rotatable bonds is 5. The number of benzene rings is 2. The molecule has 1 heterocycles. The topological polar surface area (TPSA) is 81.6 Å². The predicted octanol–water partition coefficient (Wildman–Crippen LogP) is 3.43. The summed E-state index contributed by atoms with van der Waals surface area (Å²) in [5, 5.41) is 10.8. The van der Waals surface area contributed by atoms with Crippen LogP contribution in [-0.2, 0) is 6.42 Å². The van der Waals surface area contributed by atoms with Crippen LogP contribution in [0.15, 0.2) is 42.5 Å². The van der Waals surface area contributed by atoms with Gasteiger partial charge < -0.3 is 15.4 Å². The Bertz CT molecular complexity index is 724. The summed E-state index contributed by atoms with van der Waals surface area (Å²) >= 11 is 0. The van der Waals surface area contributed by atoms with Crippen LogP contribution in [0.25, 0.3) is 0 Å². The van der Waals surface area contributed by atoms with Gasteiger partial charge in [-0.2, -0.15) is 0 Å². The van der Waals surface area contributed by atoms with Crippen molar-refractivity contribution < 1.29 is 9.66 Å². The summed E-state index contributed by atoms with van der Waals surface area (Å²) in [5.74, 6) is 0.518. The van der Waals surface area contributed by atoms with E-state index in [0.717, 1.165) is 31.6 Å². The zero-order chi connectivity index (χ0) is 16.2. The Labute approximate surface area is 146 Å². The number of ether oxygens (including phenoxy) is 1. The third-order valence-electron chi connectivity index (χ3n) is 4.04. The van der Waals surface area contributed by atoms with Gasteiger partial charge in [0.25, 0.3) is 5.69 Å². The second-order valence-electron chi connectivity index (χ2n) is 5.54. The quantitative estimate of drug-likeness (QED) is 0.508. The molecule has 24 heavy (non-hydrogen) atoms. The van der Waals surface area contributed by atoms with Crippen molar-refractivity contribution in [3.05, 3.63) is 58.1 Å². The van der Waals surface area contributed by atoms with Gasteiger partial charge in [0, 0.05) is 24.0 Å². The Hall–Kier alpha value is -2.47. The lowest BCUT2D eigenvalue weighted by Gasteiger charge is -2.31. The van der Waals surface area contributed by atoms with Crippen molar-refractivity contribution in [3.8, 4) is 5.75 Å². The molecule has 0 saturated carbocycles. The molecular formula is C17H20ClN3O3. The van der Waals surface area contributed by atoms with Crippen LogP contribution in [0.5, 0.6) is 5.75 Å². The Morgan fingerprint density at radius 2 is 2.04 bits per heavy atom. The fourth-order valence-electron chi connectivity index (χ4n) is 2.92. The molecule has 0 aliphatic carbocycles. The maximum atomic E-state index is 10.8. The molecule has 2 aromatic carbocycles. The van der Waals surface area contributed by atoms with Crippen LogP contribution in [0.4, 0.5) is 17.1 Å². The average molecular weight is 350 g/mol. The Balaban J connectivity index is 0.00000208. The molecule has 7 heteroatoms. The minimum Gasteiger partial charge on any atom is -0.491 e. The first-order valence-electron chi connectivity index (χ1n) is 7.65. The van der Waals surface area contributed by atoms with Gasteiger partial charge in [0.2, 0.25) is 0 Å². The van der Waals surface area contributed by atoms with E-state index < -0.39 is 4.92 Å². The van der Waals surface area contributed by atoms with Crippen LogP contribution in [0.1, 0.15) is 12.0 Å². The summed E-state index contributed by atoms with van der Waals surface area (Å²) in [6.45, 7) is 2.16. The SMILES string of the molecule is Cl.Nc1cccc2c1CCCN2CCOc1cccc([N+](=O)[O-])c1. The smallest absolute Gasteiger partial charge is 0.273 e. The first-order chi connectivity index (χ1) is 11.1. The highest BCUT2D eigenvalue weighted by Gasteiger charge is 2.18. The van der Waals surface area contributed by atoms with Crippen molar-refractivity contribution in [2.24, 2.45) is 0 Å². The summed E-state index contributed by atoms with van der Waals surface area (Å²) < 4.78 is 5.67. The van der Waals surface area contributed by atoms with Gasteiger partial charge in [-0.05, 0) is 36.6 Å². The highest BCUT2D eigenvalue weighted by Crippen LogP contribution is 2.31. The number of hydrogen-bond acceptors (Lipinski definition) is 5. The lowest BCUT2D eigenvalue weighted by molar-refractivity contribution is -0.384. The molecule has 0 atom stereocenters. The van der Waals surface area contributed by atoms with Gasteiger partial charge in [0.1, 0.15) is 12.4 Å². The molecule has 1 aliphatic rings. The van der Waals surface area contributed by atoms with E-state index in [2.05, 4.69) is 11.0 Å². The third kappa shape index (κ3) is 3.89. The van der Waals surface area contributed by atoms with E-state index in [4.69, 9.17) is 10.5 Å². The molecule has 0 spiro atoms. The molecule has 1 aliphatic heterocycles. The zero-order valence-corrected chi connectivity index (χ0v) is 14.0. The monoisotopic (exact) mass is 349 g/mol. The number of anilines is 2. The van der Waals surface area contributed by atoms with Crippen molar-refractivity contribution in [2.45, 2.75) is 12.8 Å². The highest BCUT2D eigenvalue weighted by molar-refractivity contribution is 5.85. The second kappa shape index (κ2) is 7.88. The zero-order valence-electron chi connectivity index (χ0n) is 13.2. The van der Waals surface area contributed by atoms with E-state index >= 15 is 0 Å². The fraction of sp³-hybridized carbons (Fsp3) is 0.294. The van der Waals surface area contributed by atoms with Gasteiger partial charge in [-0.25, -0.2) is 0 Å². The van der Waals surface area contributed by atoms with Gasteiger partial charge in [-0.15, -0.1) is 12.4 Å². The number of halogens is 1. The van der Waals surface area contributed by atoms with Crippen molar-refractivity contribution in [2.75, 3.05) is 30.3 Å². The highest BCUT2D eigenvalue weighted by atomic mass is 35.5. The summed E-state index contributed by atoms with van der Waals surface area (Å²) in [7, 11) is 0. The molecule has 2 N–H and O–H groups in total. The van der Waals surface area contributed by atoms with E-state index in [-0.39, 0.29) is 18.1 Å². The summed E-state index contributed by atoms with van der Waals surface area (Å²) in [6, 6.07) is 12.2. The maximum Gasteiger partial charge on any atom is 0.273 e. The molecule has 0 fully saturated rings. The summed E-state index contributed by atoms with van der Waals surface area (Å²) in [4.78, 5) is 12.6. The molecule has 3 rings (SSSR count). The fourth-order valence-corrected chi connectivity index (χ4v) is 2.92. The normalized spacial score (nSPS) is 12.9. The molecule has 0 radical (unpaired) electrons. The van der Waals surface area contributed by atoms with Crippen molar-refractivity contribution in [1.82, 2.24) is 0 Å². The first-order valence-corrected chi connectivity index (χ1v) is 7.65. The van der Waals surface area contributed by atoms with Crippen LogP contribution >= 0.6 is 12.4 Å². The molecule has 0 unspecified atom stereocenters. The van der Waals surface area contributed by atoms with E-state index in [9.17, 15) is 10.1 Å². The van der Waals surface area contributed by atoms with E-state index in [1.54, 1.807) is 12.1 Å². The largest absolute Gasteiger partial charge is 0.491 e. The number of nitrogens with two attached hydrogens (primary N) is 1. The van der Waals surface area contributed by atoms with Gasteiger partial charge >= 0.3 is 0 Å². The third-order valence-corrected chi connectivity index (χ3v) is 4.04. The molecule has 0 saturated heterocycles. The van der Waals surface area contributed by atoms with Crippen molar-refractivity contribution in [1.29, 1.82) is 0 Å². The van der Waals surface area contributed by atoms with Crippen molar-refractivity contribution >= 4 is 29.5 Å². The summed E-state index contributed by atoms with van der Waals surface area (Å²) in [5.41, 5.74) is 9.30. The van der Waals surface area contributed by atoms with Gasteiger partial charge in [-0.1, -0.05) is 12.1 Å². The average Bonchev–Trinajstić information content (AvgIpc) is 2.56. The lowest BCUT2D eigenvalue weighted by atomic mass is 10.00. The molecule has 128 valence electrons. The van der Waals surface area contributed by atoms with Crippen LogP contribution in [0.3, 0.4) is 0 Å². The predicted molar refractivity (Wildman–Crippen MR) is 97.2 cm³/mol. The minimum absolute atomic E-state index is 0. The van der Waals surface area contributed by atoms with Gasteiger partial charge in [0.05, 0.1) is 17.5 Å². The number of nitro groups is 1. The van der Waals surface area contributed by atoms with Crippen LogP contribution in [0, 0.1) is 10.1 Å². The number of non-ortho nitro benzene ring substituents is 1. The van der Waals surface area contributed by atoms with Gasteiger partial charge in [-0.3, -0.25) is 10.1 Å². The molecule has 6 nitrogen and oxygen atoms in total. The van der Waals surface area contributed by atoms with E-state index in [0.29, 0.717) is 12.4 Å². The Morgan fingerprint density at radius 3 is 2.83 bits per heavy atom. The van der Waals surface area contributed by atoms with Crippen LogP contribution in [0.2, 0.25) is 0 Å². The standard InChI is InChI=1S/C17H19N3O3.ClH/c18-16-7-2-8-17-15(16)6-3-9-19(17)10-11-23-14-5-1-4-13(12-14)20(21)22;/h1-2,4-5,7-8,12H,3,6,9-11,18H2;1H. The number of nitro benzene ring substituents is 1.